The zero-order chi connectivity index (χ0) is 19.6. The lowest BCUT2D eigenvalue weighted by atomic mass is 10.2. The molecule has 0 bridgehead atoms. The number of carbonyl (C=O) groups is 3. The van der Waals surface area contributed by atoms with E-state index in [1.165, 1.54) is 0 Å². The zero-order valence-corrected chi connectivity index (χ0v) is 16.2. The van der Waals surface area contributed by atoms with Crippen LogP contribution in [0.3, 0.4) is 0 Å². The van der Waals surface area contributed by atoms with Crippen molar-refractivity contribution in [3.63, 3.8) is 0 Å². The van der Waals surface area contributed by atoms with Crippen LogP contribution in [0.4, 0.5) is 4.79 Å². The van der Waals surface area contributed by atoms with Crippen molar-refractivity contribution < 1.29 is 28.6 Å². The quantitative estimate of drug-likeness (QED) is 0.612. The Morgan fingerprint density at radius 3 is 2.08 bits per heavy atom. The maximum Gasteiger partial charge on any atom is 0.407 e. The van der Waals surface area contributed by atoms with Crippen molar-refractivity contribution in [2.24, 2.45) is 0 Å². The monoisotopic (exact) mass is 373 g/mol. The van der Waals surface area contributed by atoms with Gasteiger partial charge in [-0.15, -0.1) is 0 Å². The molecule has 150 valence electrons. The zero-order valence-electron chi connectivity index (χ0n) is 16.2. The molecule has 1 aliphatic rings. The SMILES string of the molecule is COCCOCC(=O)N1CCN(C(=O)CCNC(=O)OC(C)(C)C)CC1. The number of nitrogens with zero attached hydrogens (tertiary/aromatic N) is 2. The van der Waals surface area contributed by atoms with Crippen molar-refractivity contribution >= 4 is 17.9 Å². The molecule has 1 fully saturated rings. The third-order valence-electron chi connectivity index (χ3n) is 3.65. The Bertz CT molecular complexity index is 470. The number of nitrogens with one attached hydrogen (secondary N) is 1. The van der Waals surface area contributed by atoms with Crippen LogP contribution in [0, 0.1) is 0 Å². The predicted octanol–water partition coefficient (Wildman–Crippen LogP) is 0.235. The number of piperazine rings is 1. The highest BCUT2D eigenvalue weighted by molar-refractivity contribution is 5.79. The Morgan fingerprint density at radius 1 is 0.962 bits per heavy atom. The molecule has 0 radical (unpaired) electrons. The molecule has 1 saturated heterocycles. The summed E-state index contributed by atoms with van der Waals surface area (Å²) >= 11 is 0. The van der Waals surface area contributed by atoms with E-state index in [-0.39, 0.29) is 31.4 Å². The molecule has 9 nitrogen and oxygen atoms in total. The third kappa shape index (κ3) is 9.00. The van der Waals surface area contributed by atoms with Gasteiger partial charge in [0, 0.05) is 46.3 Å². The molecule has 9 heteroatoms. The van der Waals surface area contributed by atoms with E-state index < -0.39 is 11.7 Å². The number of hydrogen-bond acceptors (Lipinski definition) is 6. The van der Waals surface area contributed by atoms with E-state index in [9.17, 15) is 14.4 Å². The first-order valence-electron chi connectivity index (χ1n) is 8.82. The summed E-state index contributed by atoms with van der Waals surface area (Å²) in [6.45, 7) is 8.35. The van der Waals surface area contributed by atoms with E-state index in [0.717, 1.165) is 0 Å². The van der Waals surface area contributed by atoms with Crippen molar-refractivity contribution in [1.82, 2.24) is 15.1 Å². The minimum atomic E-state index is -0.565. The summed E-state index contributed by atoms with van der Waals surface area (Å²) in [7, 11) is 1.57. The van der Waals surface area contributed by atoms with Crippen LogP contribution < -0.4 is 5.32 Å². The summed E-state index contributed by atoms with van der Waals surface area (Å²) in [6, 6.07) is 0. The molecule has 1 aliphatic heterocycles. The van der Waals surface area contributed by atoms with Gasteiger partial charge in [-0.05, 0) is 20.8 Å². The molecule has 0 spiro atoms. The molecule has 1 N–H and O–H groups in total. The van der Waals surface area contributed by atoms with Crippen LogP contribution in [0.1, 0.15) is 27.2 Å². The van der Waals surface area contributed by atoms with Crippen LogP contribution in [0.5, 0.6) is 0 Å². The highest BCUT2D eigenvalue weighted by Gasteiger charge is 2.24. The molecule has 0 unspecified atom stereocenters. The van der Waals surface area contributed by atoms with E-state index >= 15 is 0 Å². The van der Waals surface area contributed by atoms with Gasteiger partial charge in [0.1, 0.15) is 12.2 Å². The minimum Gasteiger partial charge on any atom is -0.444 e. The molecule has 0 aromatic rings. The van der Waals surface area contributed by atoms with Crippen LogP contribution in [-0.4, -0.2) is 93.0 Å². The van der Waals surface area contributed by atoms with Crippen LogP contribution in [-0.2, 0) is 23.8 Å². The fourth-order valence-electron chi connectivity index (χ4n) is 2.34. The second kappa shape index (κ2) is 11.0. The van der Waals surface area contributed by atoms with E-state index in [1.807, 2.05) is 0 Å². The Labute approximate surface area is 154 Å². The van der Waals surface area contributed by atoms with E-state index in [4.69, 9.17) is 14.2 Å². The van der Waals surface area contributed by atoms with Crippen molar-refractivity contribution in [3.8, 4) is 0 Å². The number of hydrogen-bond donors (Lipinski definition) is 1. The van der Waals surface area contributed by atoms with Gasteiger partial charge in [-0.2, -0.15) is 0 Å². The highest BCUT2D eigenvalue weighted by atomic mass is 16.6. The molecule has 1 rings (SSSR count). The lowest BCUT2D eigenvalue weighted by molar-refractivity contribution is -0.142. The normalized spacial score (nSPS) is 14.9. The van der Waals surface area contributed by atoms with Gasteiger partial charge in [0.25, 0.3) is 0 Å². The highest BCUT2D eigenvalue weighted by Crippen LogP contribution is 2.07. The molecule has 0 saturated carbocycles. The van der Waals surface area contributed by atoms with Crippen LogP contribution in [0.2, 0.25) is 0 Å². The lowest BCUT2D eigenvalue weighted by Crippen LogP contribution is -2.51. The predicted molar refractivity (Wildman–Crippen MR) is 94.7 cm³/mol. The van der Waals surface area contributed by atoms with E-state index in [2.05, 4.69) is 5.32 Å². The van der Waals surface area contributed by atoms with Crippen molar-refractivity contribution in [3.05, 3.63) is 0 Å². The van der Waals surface area contributed by atoms with Crippen LogP contribution >= 0.6 is 0 Å². The van der Waals surface area contributed by atoms with Crippen molar-refractivity contribution in [2.75, 3.05) is 59.7 Å². The smallest absolute Gasteiger partial charge is 0.407 e. The van der Waals surface area contributed by atoms with Gasteiger partial charge < -0.3 is 29.3 Å². The summed E-state index contributed by atoms with van der Waals surface area (Å²) in [4.78, 5) is 39.1. The Hall–Kier alpha value is -1.87. The van der Waals surface area contributed by atoms with Gasteiger partial charge in [-0.1, -0.05) is 0 Å². The number of amides is 3. The van der Waals surface area contributed by atoms with Gasteiger partial charge in [-0.25, -0.2) is 4.79 Å². The lowest BCUT2D eigenvalue weighted by Gasteiger charge is -2.34. The van der Waals surface area contributed by atoms with Crippen molar-refractivity contribution in [2.45, 2.75) is 32.8 Å². The van der Waals surface area contributed by atoms with Crippen molar-refractivity contribution in [1.29, 1.82) is 0 Å². The summed E-state index contributed by atoms with van der Waals surface area (Å²) in [5.41, 5.74) is -0.565. The van der Waals surface area contributed by atoms with Gasteiger partial charge >= 0.3 is 6.09 Å². The van der Waals surface area contributed by atoms with Gasteiger partial charge in [0.15, 0.2) is 0 Å². The first-order valence-corrected chi connectivity index (χ1v) is 8.82. The number of carbonyl (C=O) groups excluding carboxylic acids is 3. The number of alkyl carbamates (subject to hydrolysis) is 1. The van der Waals surface area contributed by atoms with E-state index in [1.54, 1.807) is 37.7 Å². The molecule has 0 aromatic heterocycles. The summed E-state index contributed by atoms with van der Waals surface area (Å²) in [5, 5.41) is 2.57. The van der Waals surface area contributed by atoms with Gasteiger partial charge in [-0.3, -0.25) is 9.59 Å². The average Bonchev–Trinajstić information content (AvgIpc) is 2.57. The fourth-order valence-corrected chi connectivity index (χ4v) is 2.34. The molecule has 0 atom stereocenters. The summed E-state index contributed by atoms with van der Waals surface area (Å²) in [6.07, 6.45) is -0.331. The first kappa shape index (κ1) is 22.2. The molecule has 0 aromatic carbocycles. The second-order valence-electron chi connectivity index (χ2n) is 6.99. The number of rotatable bonds is 8. The molecular formula is C17H31N3O6. The molecule has 26 heavy (non-hydrogen) atoms. The maximum atomic E-state index is 12.2. The Kier molecular flexibility index (Phi) is 9.36. The number of ether oxygens (including phenoxy) is 3. The first-order chi connectivity index (χ1) is 12.2. The molecular weight excluding hydrogens is 342 g/mol. The third-order valence-corrected chi connectivity index (χ3v) is 3.65. The standard InChI is InChI=1S/C17H31N3O6/c1-17(2,3)26-16(23)18-6-5-14(21)19-7-9-20(10-8-19)15(22)13-25-12-11-24-4/h5-13H2,1-4H3,(H,18,23). The Balaban J connectivity index is 2.21. The van der Waals surface area contributed by atoms with Crippen LogP contribution in [0.15, 0.2) is 0 Å². The molecule has 1 heterocycles. The second-order valence-corrected chi connectivity index (χ2v) is 6.99. The summed E-state index contributed by atoms with van der Waals surface area (Å²) in [5.74, 6) is -0.135. The molecule has 3 amide bonds. The summed E-state index contributed by atoms with van der Waals surface area (Å²) < 4.78 is 15.2. The van der Waals surface area contributed by atoms with Gasteiger partial charge in [0.2, 0.25) is 11.8 Å². The largest absolute Gasteiger partial charge is 0.444 e. The Morgan fingerprint density at radius 2 is 1.54 bits per heavy atom. The van der Waals surface area contributed by atoms with E-state index in [0.29, 0.717) is 39.4 Å². The maximum absolute atomic E-state index is 12.2. The molecule has 0 aliphatic carbocycles. The minimum absolute atomic E-state index is 0.0249. The average molecular weight is 373 g/mol. The van der Waals surface area contributed by atoms with Gasteiger partial charge in [0.05, 0.1) is 13.2 Å². The van der Waals surface area contributed by atoms with Crippen LogP contribution in [0.25, 0.3) is 0 Å². The number of methoxy groups -OCH3 is 1. The fraction of sp³-hybridized carbons (Fsp3) is 0.824. The topological polar surface area (TPSA) is 97.4 Å².